The summed E-state index contributed by atoms with van der Waals surface area (Å²) in [5.74, 6) is 2.36. The summed E-state index contributed by atoms with van der Waals surface area (Å²) in [6.45, 7) is 2.43. The second-order valence-corrected chi connectivity index (χ2v) is 8.04. The minimum absolute atomic E-state index is 0.108. The molecule has 8 heteroatoms. The monoisotopic (exact) mass is 465 g/mol. The Hall–Kier alpha value is -2.09. The zero-order valence-corrected chi connectivity index (χ0v) is 18.6. The molecule has 1 aliphatic carbocycles. The van der Waals surface area contributed by atoms with Gasteiger partial charge in [0, 0.05) is 24.4 Å². The summed E-state index contributed by atoms with van der Waals surface area (Å²) in [5, 5.41) is 7.21. The molecule has 0 spiro atoms. The molecule has 158 valence electrons. The first kappa shape index (κ1) is 21.6. The summed E-state index contributed by atoms with van der Waals surface area (Å²) < 4.78 is 17.1. The number of carbonyl (C=O) groups is 1. The number of methoxy groups -OCH3 is 1. The number of ether oxygens (including phenoxy) is 2. The van der Waals surface area contributed by atoms with Gasteiger partial charge in [0.25, 0.3) is 0 Å². The SMILES string of the molecule is CCOc1cc(-c2noc(CCCC(=O)NC3CCCCC3)n2)cc(Br)c1OC. The van der Waals surface area contributed by atoms with E-state index in [1.807, 2.05) is 19.1 Å². The van der Waals surface area contributed by atoms with Crippen LogP contribution in [0.15, 0.2) is 21.1 Å². The lowest BCUT2D eigenvalue weighted by atomic mass is 9.95. The fraction of sp³-hybridized carbons (Fsp3) is 0.571. The molecule has 2 aromatic rings. The second-order valence-electron chi connectivity index (χ2n) is 7.19. The van der Waals surface area contributed by atoms with E-state index < -0.39 is 0 Å². The third kappa shape index (κ3) is 5.95. The molecule has 1 saturated carbocycles. The zero-order chi connectivity index (χ0) is 20.6. The standard InChI is InChI=1S/C21H28BrN3O4/c1-3-28-17-13-14(12-16(22)20(17)27-2)21-24-19(29-25-21)11-7-10-18(26)23-15-8-5-4-6-9-15/h12-13,15H,3-11H2,1-2H3,(H,23,26). The van der Waals surface area contributed by atoms with Crippen molar-refractivity contribution in [2.45, 2.75) is 64.3 Å². The fourth-order valence-corrected chi connectivity index (χ4v) is 4.18. The van der Waals surface area contributed by atoms with Gasteiger partial charge in [0.2, 0.25) is 17.6 Å². The average Bonchev–Trinajstić information content (AvgIpc) is 3.18. The molecule has 29 heavy (non-hydrogen) atoms. The average molecular weight is 466 g/mol. The first-order chi connectivity index (χ1) is 14.1. The Morgan fingerprint density at radius 3 is 2.83 bits per heavy atom. The molecule has 1 aromatic carbocycles. The highest BCUT2D eigenvalue weighted by Crippen LogP contribution is 2.39. The van der Waals surface area contributed by atoms with Crippen LogP contribution >= 0.6 is 15.9 Å². The third-order valence-electron chi connectivity index (χ3n) is 5.00. The number of benzene rings is 1. The predicted molar refractivity (Wildman–Crippen MR) is 113 cm³/mol. The lowest BCUT2D eigenvalue weighted by Gasteiger charge is -2.22. The van der Waals surface area contributed by atoms with Crippen LogP contribution < -0.4 is 14.8 Å². The van der Waals surface area contributed by atoms with E-state index in [0.717, 1.165) is 22.9 Å². The maximum Gasteiger partial charge on any atom is 0.226 e. The summed E-state index contributed by atoms with van der Waals surface area (Å²) in [4.78, 5) is 16.6. The Bertz CT molecular complexity index is 818. The lowest BCUT2D eigenvalue weighted by molar-refractivity contribution is -0.122. The van der Waals surface area contributed by atoms with Gasteiger partial charge in [0.05, 0.1) is 18.2 Å². The summed E-state index contributed by atoms with van der Waals surface area (Å²) in [6, 6.07) is 4.05. The Balaban J connectivity index is 1.56. The van der Waals surface area contributed by atoms with Gasteiger partial charge in [0.1, 0.15) is 0 Å². The first-order valence-corrected chi connectivity index (χ1v) is 11.0. The van der Waals surface area contributed by atoms with Gasteiger partial charge in [-0.05, 0) is 54.2 Å². The highest BCUT2D eigenvalue weighted by molar-refractivity contribution is 9.10. The number of nitrogens with one attached hydrogen (secondary N) is 1. The van der Waals surface area contributed by atoms with E-state index in [1.54, 1.807) is 7.11 Å². The van der Waals surface area contributed by atoms with Gasteiger partial charge in [0.15, 0.2) is 11.5 Å². The zero-order valence-electron chi connectivity index (χ0n) is 17.0. The number of rotatable bonds is 9. The quantitative estimate of drug-likeness (QED) is 0.578. The number of hydrogen-bond acceptors (Lipinski definition) is 6. The Morgan fingerprint density at radius 1 is 1.31 bits per heavy atom. The molecule has 1 aliphatic rings. The highest BCUT2D eigenvalue weighted by Gasteiger charge is 2.17. The maximum absolute atomic E-state index is 12.1. The molecule has 1 heterocycles. The number of amides is 1. The van der Waals surface area contributed by atoms with E-state index in [2.05, 4.69) is 31.4 Å². The Kier molecular flexibility index (Phi) is 7.91. The highest BCUT2D eigenvalue weighted by atomic mass is 79.9. The third-order valence-corrected chi connectivity index (χ3v) is 5.59. The smallest absolute Gasteiger partial charge is 0.226 e. The first-order valence-electron chi connectivity index (χ1n) is 10.2. The van der Waals surface area contributed by atoms with Crippen molar-refractivity contribution in [3.05, 3.63) is 22.5 Å². The van der Waals surface area contributed by atoms with Crippen LogP contribution in [0.3, 0.4) is 0 Å². The number of aryl methyl sites for hydroxylation is 1. The molecule has 0 aliphatic heterocycles. The summed E-state index contributed by atoms with van der Waals surface area (Å²) in [6.07, 6.45) is 7.61. The van der Waals surface area contributed by atoms with Gasteiger partial charge in [-0.15, -0.1) is 0 Å². The van der Waals surface area contributed by atoms with E-state index in [1.165, 1.54) is 19.3 Å². The lowest BCUT2D eigenvalue weighted by Crippen LogP contribution is -2.36. The van der Waals surface area contributed by atoms with Gasteiger partial charge in [-0.25, -0.2) is 0 Å². The van der Waals surface area contributed by atoms with E-state index in [-0.39, 0.29) is 5.91 Å². The van der Waals surface area contributed by atoms with Gasteiger partial charge in [-0.3, -0.25) is 4.79 Å². The van der Waals surface area contributed by atoms with Crippen molar-refractivity contribution in [1.82, 2.24) is 15.5 Å². The summed E-state index contributed by atoms with van der Waals surface area (Å²) >= 11 is 3.50. The van der Waals surface area contributed by atoms with Crippen molar-refractivity contribution in [3.8, 4) is 22.9 Å². The van der Waals surface area contributed by atoms with Crippen molar-refractivity contribution in [1.29, 1.82) is 0 Å². The number of aromatic nitrogens is 2. The van der Waals surface area contributed by atoms with Crippen molar-refractivity contribution >= 4 is 21.8 Å². The van der Waals surface area contributed by atoms with Crippen LogP contribution in [0.1, 0.15) is 57.8 Å². The van der Waals surface area contributed by atoms with Crippen molar-refractivity contribution < 1.29 is 18.8 Å². The predicted octanol–water partition coefficient (Wildman–Crippen LogP) is 4.68. The minimum Gasteiger partial charge on any atom is -0.492 e. The van der Waals surface area contributed by atoms with Gasteiger partial charge in [-0.2, -0.15) is 4.98 Å². The second kappa shape index (κ2) is 10.6. The summed E-state index contributed by atoms with van der Waals surface area (Å²) in [5.41, 5.74) is 0.770. The number of halogens is 1. The Labute approximate surface area is 179 Å². The van der Waals surface area contributed by atoms with Crippen molar-refractivity contribution in [3.63, 3.8) is 0 Å². The normalized spacial score (nSPS) is 14.6. The molecule has 1 amide bonds. The molecule has 1 N–H and O–H groups in total. The van der Waals surface area contributed by atoms with Gasteiger partial charge < -0.3 is 19.3 Å². The molecule has 7 nitrogen and oxygen atoms in total. The van der Waals surface area contributed by atoms with Crippen LogP contribution in [0.2, 0.25) is 0 Å². The molecule has 0 unspecified atom stereocenters. The van der Waals surface area contributed by atoms with Crippen LogP contribution in [-0.2, 0) is 11.2 Å². The molecule has 0 atom stereocenters. The number of carbonyl (C=O) groups excluding carboxylic acids is 1. The minimum atomic E-state index is 0.108. The molecular weight excluding hydrogens is 438 g/mol. The summed E-state index contributed by atoms with van der Waals surface area (Å²) in [7, 11) is 1.60. The van der Waals surface area contributed by atoms with Crippen molar-refractivity contribution in [2.75, 3.05) is 13.7 Å². The Morgan fingerprint density at radius 2 is 2.10 bits per heavy atom. The van der Waals surface area contributed by atoms with Crippen LogP contribution in [-0.4, -0.2) is 35.8 Å². The van der Waals surface area contributed by atoms with E-state index in [4.69, 9.17) is 14.0 Å². The molecule has 1 aromatic heterocycles. The molecule has 1 fully saturated rings. The molecule has 0 saturated heterocycles. The van der Waals surface area contributed by atoms with Crippen LogP contribution in [0, 0.1) is 0 Å². The fourth-order valence-electron chi connectivity index (χ4n) is 3.58. The van der Waals surface area contributed by atoms with Crippen LogP contribution in [0.4, 0.5) is 0 Å². The molecular formula is C21H28BrN3O4. The van der Waals surface area contributed by atoms with E-state index >= 15 is 0 Å². The van der Waals surface area contributed by atoms with Crippen LogP contribution in [0.5, 0.6) is 11.5 Å². The number of nitrogens with zero attached hydrogens (tertiary/aromatic N) is 2. The van der Waals surface area contributed by atoms with E-state index in [0.29, 0.717) is 55.1 Å². The largest absolute Gasteiger partial charge is 0.492 e. The van der Waals surface area contributed by atoms with E-state index in [9.17, 15) is 4.79 Å². The maximum atomic E-state index is 12.1. The topological polar surface area (TPSA) is 86.5 Å². The van der Waals surface area contributed by atoms with Crippen LogP contribution in [0.25, 0.3) is 11.4 Å². The van der Waals surface area contributed by atoms with Crippen molar-refractivity contribution in [2.24, 2.45) is 0 Å². The molecule has 3 rings (SSSR count). The number of hydrogen-bond donors (Lipinski definition) is 1. The van der Waals surface area contributed by atoms with Gasteiger partial charge in [-0.1, -0.05) is 24.4 Å². The molecule has 0 bridgehead atoms. The van der Waals surface area contributed by atoms with Gasteiger partial charge >= 0.3 is 0 Å². The molecule has 0 radical (unpaired) electrons.